The van der Waals surface area contributed by atoms with Crippen LogP contribution in [0, 0.1) is 11.8 Å². The van der Waals surface area contributed by atoms with Gasteiger partial charge < -0.3 is 16.0 Å². The molecule has 3 amide bonds. The van der Waals surface area contributed by atoms with Crippen LogP contribution < -0.4 is 16.0 Å². The summed E-state index contributed by atoms with van der Waals surface area (Å²) in [6, 6.07) is 8.35. The van der Waals surface area contributed by atoms with Crippen LogP contribution in [0.4, 0.5) is 10.5 Å². The number of benzene rings is 1. The van der Waals surface area contributed by atoms with Crippen molar-refractivity contribution in [3.63, 3.8) is 0 Å². The van der Waals surface area contributed by atoms with E-state index in [1.165, 1.54) is 0 Å². The van der Waals surface area contributed by atoms with E-state index in [9.17, 15) is 9.59 Å². The van der Waals surface area contributed by atoms with Gasteiger partial charge in [-0.1, -0.05) is 45.9 Å². The number of hydrogen-bond donors (Lipinski definition) is 3. The van der Waals surface area contributed by atoms with Crippen LogP contribution in [0.2, 0.25) is 0 Å². The van der Waals surface area contributed by atoms with Gasteiger partial charge in [-0.2, -0.15) is 0 Å². The SMILES string of the molecule is CC(C)CCC(C)NC(=O)C(NC(=O)Nc1ccccc1)C(C)C. The second-order valence-electron chi connectivity index (χ2n) is 7.07. The maximum atomic E-state index is 12.5. The molecule has 0 spiro atoms. The zero-order valence-corrected chi connectivity index (χ0v) is 15.4. The molecule has 0 saturated carbocycles. The van der Waals surface area contributed by atoms with Crippen molar-refractivity contribution in [2.45, 2.75) is 59.5 Å². The molecule has 0 fully saturated rings. The third-order valence-corrected chi connectivity index (χ3v) is 3.83. The molecule has 2 unspecified atom stereocenters. The molecule has 1 aromatic rings. The van der Waals surface area contributed by atoms with Gasteiger partial charge in [-0.05, 0) is 43.7 Å². The maximum Gasteiger partial charge on any atom is 0.319 e. The average molecular weight is 333 g/mol. The summed E-state index contributed by atoms with van der Waals surface area (Å²) in [5.74, 6) is 0.480. The molecule has 0 heterocycles. The fraction of sp³-hybridized carbons (Fsp3) is 0.579. The Morgan fingerprint density at radius 1 is 0.917 bits per heavy atom. The number of anilines is 1. The van der Waals surface area contributed by atoms with Gasteiger partial charge in [-0.3, -0.25) is 4.79 Å². The number of nitrogens with one attached hydrogen (secondary N) is 3. The van der Waals surface area contributed by atoms with Crippen LogP contribution in [0.3, 0.4) is 0 Å². The molecule has 0 saturated heterocycles. The molecule has 5 nitrogen and oxygen atoms in total. The quantitative estimate of drug-likeness (QED) is 0.677. The van der Waals surface area contributed by atoms with Gasteiger partial charge in [0.15, 0.2) is 0 Å². The Balaban J connectivity index is 2.56. The van der Waals surface area contributed by atoms with E-state index >= 15 is 0 Å². The monoisotopic (exact) mass is 333 g/mol. The molecular formula is C19H31N3O2. The second-order valence-corrected chi connectivity index (χ2v) is 7.07. The van der Waals surface area contributed by atoms with E-state index in [-0.39, 0.29) is 23.9 Å². The smallest absolute Gasteiger partial charge is 0.319 e. The minimum Gasteiger partial charge on any atom is -0.352 e. The maximum absolute atomic E-state index is 12.5. The minimum absolute atomic E-state index is 0.00354. The van der Waals surface area contributed by atoms with Gasteiger partial charge in [0.1, 0.15) is 6.04 Å². The largest absolute Gasteiger partial charge is 0.352 e. The van der Waals surface area contributed by atoms with Gasteiger partial charge in [-0.25, -0.2) is 4.79 Å². The van der Waals surface area contributed by atoms with Crippen molar-refractivity contribution >= 4 is 17.6 Å². The summed E-state index contributed by atoms with van der Waals surface area (Å²) in [6.07, 6.45) is 2.00. The number of hydrogen-bond acceptors (Lipinski definition) is 2. The Kier molecular flexibility index (Phi) is 8.30. The minimum atomic E-state index is -0.560. The summed E-state index contributed by atoms with van der Waals surface area (Å²) in [5.41, 5.74) is 0.697. The fourth-order valence-electron chi connectivity index (χ4n) is 2.35. The Morgan fingerprint density at radius 2 is 1.54 bits per heavy atom. The lowest BCUT2D eigenvalue weighted by atomic mass is 10.0. The van der Waals surface area contributed by atoms with E-state index in [2.05, 4.69) is 29.8 Å². The van der Waals surface area contributed by atoms with Crippen LogP contribution in [0.15, 0.2) is 30.3 Å². The van der Waals surface area contributed by atoms with Crippen molar-refractivity contribution in [2.24, 2.45) is 11.8 Å². The molecule has 24 heavy (non-hydrogen) atoms. The fourth-order valence-corrected chi connectivity index (χ4v) is 2.35. The van der Waals surface area contributed by atoms with Crippen molar-refractivity contribution in [1.29, 1.82) is 0 Å². The molecule has 0 aliphatic heterocycles. The predicted octanol–water partition coefficient (Wildman–Crippen LogP) is 3.77. The van der Waals surface area contributed by atoms with Gasteiger partial charge in [0.25, 0.3) is 0 Å². The number of para-hydroxylation sites is 1. The first-order valence-electron chi connectivity index (χ1n) is 8.72. The Hall–Kier alpha value is -2.04. The summed E-state index contributed by atoms with van der Waals surface area (Å²) < 4.78 is 0. The lowest BCUT2D eigenvalue weighted by molar-refractivity contribution is -0.124. The van der Waals surface area contributed by atoms with Gasteiger partial charge in [0.05, 0.1) is 0 Å². The molecule has 3 N–H and O–H groups in total. The van der Waals surface area contributed by atoms with E-state index in [0.717, 1.165) is 12.8 Å². The molecule has 1 rings (SSSR count). The molecule has 1 aromatic carbocycles. The molecule has 0 bridgehead atoms. The number of amides is 3. The first kappa shape index (κ1) is 20.0. The molecule has 0 aliphatic carbocycles. The summed E-state index contributed by atoms with van der Waals surface area (Å²) in [6.45, 7) is 10.2. The first-order valence-corrected chi connectivity index (χ1v) is 8.72. The highest BCUT2D eigenvalue weighted by atomic mass is 16.2. The van der Waals surface area contributed by atoms with Crippen LogP contribution in [0.25, 0.3) is 0 Å². The summed E-state index contributed by atoms with van der Waals surface area (Å²) >= 11 is 0. The molecule has 2 atom stereocenters. The molecule has 0 aliphatic rings. The van der Waals surface area contributed by atoms with E-state index in [1.807, 2.05) is 39.0 Å². The summed E-state index contributed by atoms with van der Waals surface area (Å²) in [7, 11) is 0. The third-order valence-electron chi connectivity index (χ3n) is 3.83. The van der Waals surface area contributed by atoms with E-state index in [1.54, 1.807) is 12.1 Å². The standard InChI is InChI=1S/C19H31N3O2/c1-13(2)11-12-15(5)20-18(23)17(14(3)4)22-19(24)21-16-9-7-6-8-10-16/h6-10,13-15,17H,11-12H2,1-5H3,(H,20,23)(H2,21,22,24). The van der Waals surface area contributed by atoms with Gasteiger partial charge in [0, 0.05) is 11.7 Å². The van der Waals surface area contributed by atoms with Gasteiger partial charge >= 0.3 is 6.03 Å². The zero-order valence-electron chi connectivity index (χ0n) is 15.4. The Bertz CT molecular complexity index is 515. The molecule has 0 radical (unpaired) electrons. The number of rotatable bonds is 8. The highest BCUT2D eigenvalue weighted by Crippen LogP contribution is 2.09. The Labute approximate surface area is 145 Å². The van der Waals surface area contributed by atoms with Crippen molar-refractivity contribution in [3.05, 3.63) is 30.3 Å². The molecule has 0 aromatic heterocycles. The van der Waals surface area contributed by atoms with Gasteiger partial charge in [-0.15, -0.1) is 0 Å². The van der Waals surface area contributed by atoms with Crippen LogP contribution in [-0.4, -0.2) is 24.0 Å². The highest BCUT2D eigenvalue weighted by Gasteiger charge is 2.25. The molecule has 134 valence electrons. The van der Waals surface area contributed by atoms with Crippen molar-refractivity contribution < 1.29 is 9.59 Å². The Morgan fingerprint density at radius 3 is 2.08 bits per heavy atom. The zero-order chi connectivity index (χ0) is 18.1. The lowest BCUT2D eigenvalue weighted by Gasteiger charge is -2.24. The predicted molar refractivity (Wildman–Crippen MR) is 98.9 cm³/mol. The van der Waals surface area contributed by atoms with E-state index in [0.29, 0.717) is 11.6 Å². The van der Waals surface area contributed by atoms with Gasteiger partial charge in [0.2, 0.25) is 5.91 Å². The van der Waals surface area contributed by atoms with E-state index < -0.39 is 6.04 Å². The first-order chi connectivity index (χ1) is 11.3. The van der Waals surface area contributed by atoms with Crippen LogP contribution >= 0.6 is 0 Å². The lowest BCUT2D eigenvalue weighted by Crippen LogP contribution is -2.52. The molecular weight excluding hydrogens is 302 g/mol. The normalized spacial score (nSPS) is 13.5. The van der Waals surface area contributed by atoms with Crippen LogP contribution in [0.5, 0.6) is 0 Å². The van der Waals surface area contributed by atoms with Crippen LogP contribution in [0.1, 0.15) is 47.5 Å². The van der Waals surface area contributed by atoms with Crippen molar-refractivity contribution in [1.82, 2.24) is 10.6 Å². The van der Waals surface area contributed by atoms with E-state index in [4.69, 9.17) is 0 Å². The summed E-state index contributed by atoms with van der Waals surface area (Å²) in [5, 5.41) is 8.52. The van der Waals surface area contributed by atoms with Crippen molar-refractivity contribution in [2.75, 3.05) is 5.32 Å². The number of urea groups is 1. The topological polar surface area (TPSA) is 70.2 Å². The second kappa shape index (κ2) is 9.96. The summed E-state index contributed by atoms with van der Waals surface area (Å²) in [4.78, 5) is 24.6. The average Bonchev–Trinajstić information content (AvgIpc) is 2.51. The number of carbonyl (C=O) groups is 2. The van der Waals surface area contributed by atoms with Crippen LogP contribution in [-0.2, 0) is 4.79 Å². The third kappa shape index (κ3) is 7.49. The van der Waals surface area contributed by atoms with Crippen molar-refractivity contribution in [3.8, 4) is 0 Å². The number of carbonyl (C=O) groups excluding carboxylic acids is 2. The highest BCUT2D eigenvalue weighted by molar-refractivity contribution is 5.93. The molecule has 5 heteroatoms.